The number of carbonyl (C=O) groups excluding carboxylic acids is 2. The fraction of sp³-hybridized carbons (Fsp3) is 0.474. The quantitative estimate of drug-likeness (QED) is 0.606. The van der Waals surface area contributed by atoms with Crippen molar-refractivity contribution in [1.29, 1.82) is 0 Å². The van der Waals surface area contributed by atoms with E-state index in [2.05, 4.69) is 10.1 Å². The van der Waals surface area contributed by atoms with Gasteiger partial charge in [0, 0.05) is 0 Å². The van der Waals surface area contributed by atoms with Crippen LogP contribution in [0.5, 0.6) is 0 Å². The zero-order valence-corrected chi connectivity index (χ0v) is 14.8. The van der Waals surface area contributed by atoms with Crippen molar-refractivity contribution in [2.24, 2.45) is 5.92 Å². The van der Waals surface area contributed by atoms with Gasteiger partial charge in [0.25, 0.3) is 0 Å². The molecule has 6 nitrogen and oxygen atoms in total. The summed E-state index contributed by atoms with van der Waals surface area (Å²) in [6, 6.07) is 8.59. The molecule has 2 rings (SSSR count). The minimum absolute atomic E-state index is 0.0641. The van der Waals surface area contributed by atoms with Gasteiger partial charge < -0.3 is 19.5 Å². The van der Waals surface area contributed by atoms with Gasteiger partial charge in [0.2, 0.25) is 0 Å². The van der Waals surface area contributed by atoms with E-state index in [9.17, 15) is 9.59 Å². The van der Waals surface area contributed by atoms with E-state index in [0.29, 0.717) is 6.42 Å². The van der Waals surface area contributed by atoms with Gasteiger partial charge in [-0.3, -0.25) is 0 Å². The molecule has 25 heavy (non-hydrogen) atoms. The second-order valence-corrected chi connectivity index (χ2v) is 6.18. The fourth-order valence-electron chi connectivity index (χ4n) is 2.72. The molecule has 1 amide bonds. The Kier molecular flexibility index (Phi) is 7.01. The van der Waals surface area contributed by atoms with Crippen LogP contribution < -0.4 is 5.32 Å². The molecule has 4 unspecified atom stereocenters. The van der Waals surface area contributed by atoms with E-state index in [-0.39, 0.29) is 24.7 Å². The highest BCUT2D eigenvalue weighted by Gasteiger charge is 2.31. The minimum Gasteiger partial charge on any atom is -0.459 e. The number of amides is 1. The topological polar surface area (TPSA) is 73.9 Å². The van der Waals surface area contributed by atoms with Crippen molar-refractivity contribution < 1.29 is 23.8 Å². The van der Waals surface area contributed by atoms with Crippen LogP contribution in [0, 0.1) is 5.92 Å². The summed E-state index contributed by atoms with van der Waals surface area (Å²) in [6.45, 7) is 3.99. The van der Waals surface area contributed by atoms with Gasteiger partial charge in [-0.1, -0.05) is 49.4 Å². The van der Waals surface area contributed by atoms with Crippen LogP contribution in [0.2, 0.25) is 0 Å². The van der Waals surface area contributed by atoms with Crippen LogP contribution in [0.15, 0.2) is 42.5 Å². The van der Waals surface area contributed by atoms with E-state index in [1.165, 1.54) is 7.11 Å². The average Bonchev–Trinajstić information content (AvgIpc) is 3.02. The molecule has 136 valence electrons. The number of hydrogen-bond acceptors (Lipinski definition) is 5. The van der Waals surface area contributed by atoms with Gasteiger partial charge in [-0.2, -0.15) is 0 Å². The van der Waals surface area contributed by atoms with Crippen LogP contribution >= 0.6 is 0 Å². The van der Waals surface area contributed by atoms with Crippen molar-refractivity contribution in [3.63, 3.8) is 0 Å². The largest absolute Gasteiger partial charge is 0.459 e. The van der Waals surface area contributed by atoms with Crippen LogP contribution in [0.4, 0.5) is 4.79 Å². The Balaban J connectivity index is 1.96. The van der Waals surface area contributed by atoms with Gasteiger partial charge >= 0.3 is 12.1 Å². The fourth-order valence-corrected chi connectivity index (χ4v) is 2.72. The van der Waals surface area contributed by atoms with Crippen LogP contribution in [0.3, 0.4) is 0 Å². The molecule has 6 heteroatoms. The predicted octanol–water partition coefficient (Wildman–Crippen LogP) is 2.82. The molecular formula is C19H25NO5. The summed E-state index contributed by atoms with van der Waals surface area (Å²) < 4.78 is 15.7. The number of hydrogen-bond donors (Lipinski definition) is 1. The predicted molar refractivity (Wildman–Crippen MR) is 92.8 cm³/mol. The second kappa shape index (κ2) is 9.22. The lowest BCUT2D eigenvalue weighted by Crippen LogP contribution is -2.46. The maximum absolute atomic E-state index is 12.5. The van der Waals surface area contributed by atoms with Crippen molar-refractivity contribution in [3.8, 4) is 0 Å². The lowest BCUT2D eigenvalue weighted by Gasteiger charge is -2.25. The van der Waals surface area contributed by atoms with Gasteiger partial charge in [-0.05, 0) is 24.8 Å². The summed E-state index contributed by atoms with van der Waals surface area (Å²) >= 11 is 0. The smallest absolute Gasteiger partial charge is 0.407 e. The molecule has 0 fully saturated rings. The van der Waals surface area contributed by atoms with Crippen LogP contribution in [-0.4, -0.2) is 37.4 Å². The van der Waals surface area contributed by atoms with E-state index < -0.39 is 18.1 Å². The number of rotatable bonds is 7. The normalized spacial score (nSPS) is 21.4. The summed E-state index contributed by atoms with van der Waals surface area (Å²) in [6.07, 6.45) is 3.88. The van der Waals surface area contributed by atoms with E-state index in [4.69, 9.17) is 9.47 Å². The number of methoxy groups -OCH3 is 1. The highest BCUT2D eigenvalue weighted by Crippen LogP contribution is 2.21. The Hall–Kier alpha value is -2.34. The van der Waals surface area contributed by atoms with Crippen LogP contribution in [0.25, 0.3) is 0 Å². The molecule has 1 aliphatic rings. The number of benzene rings is 1. The Morgan fingerprint density at radius 2 is 1.96 bits per heavy atom. The third-order valence-electron chi connectivity index (χ3n) is 4.10. The summed E-state index contributed by atoms with van der Waals surface area (Å²) in [5.41, 5.74) is 0.885. The van der Waals surface area contributed by atoms with Crippen LogP contribution in [0.1, 0.15) is 25.8 Å². The molecule has 0 aromatic heterocycles. The van der Waals surface area contributed by atoms with E-state index >= 15 is 0 Å². The molecule has 1 aliphatic heterocycles. The molecule has 0 spiro atoms. The van der Waals surface area contributed by atoms with Crippen molar-refractivity contribution in [2.75, 3.05) is 7.11 Å². The lowest BCUT2D eigenvalue weighted by molar-refractivity contribution is -0.149. The molecule has 0 radical (unpaired) electrons. The molecule has 4 atom stereocenters. The zero-order valence-electron chi connectivity index (χ0n) is 14.8. The summed E-state index contributed by atoms with van der Waals surface area (Å²) in [4.78, 5) is 24.1. The maximum atomic E-state index is 12.5. The first-order chi connectivity index (χ1) is 12.0. The van der Waals surface area contributed by atoms with E-state index in [1.807, 2.05) is 56.3 Å². The molecule has 0 saturated heterocycles. The van der Waals surface area contributed by atoms with Crippen LogP contribution in [-0.2, 0) is 25.6 Å². The number of carbonyl (C=O) groups is 2. The first kappa shape index (κ1) is 19.0. The Morgan fingerprint density at radius 1 is 1.24 bits per heavy atom. The van der Waals surface area contributed by atoms with E-state index in [1.54, 1.807) is 0 Å². The van der Waals surface area contributed by atoms with Gasteiger partial charge in [0.1, 0.15) is 12.6 Å². The molecule has 1 heterocycles. The van der Waals surface area contributed by atoms with Gasteiger partial charge in [-0.15, -0.1) is 0 Å². The van der Waals surface area contributed by atoms with Crippen molar-refractivity contribution in [1.82, 2.24) is 5.32 Å². The zero-order chi connectivity index (χ0) is 18.2. The molecule has 0 bridgehead atoms. The molecular weight excluding hydrogens is 322 g/mol. The second-order valence-electron chi connectivity index (χ2n) is 6.18. The Labute approximate surface area is 148 Å². The summed E-state index contributed by atoms with van der Waals surface area (Å²) in [5, 5.41) is 2.57. The number of esters is 1. The summed E-state index contributed by atoms with van der Waals surface area (Å²) in [7, 11) is 1.26. The SMILES string of the molecule is COC(=O)NC(C(=O)OCc1ccccc1)C(C)CC1C=CC(C)O1. The minimum atomic E-state index is -0.802. The first-order valence-corrected chi connectivity index (χ1v) is 8.38. The van der Waals surface area contributed by atoms with Crippen molar-refractivity contribution in [2.45, 2.75) is 45.1 Å². The monoisotopic (exact) mass is 347 g/mol. The van der Waals surface area contributed by atoms with Crippen molar-refractivity contribution in [3.05, 3.63) is 48.0 Å². The summed E-state index contributed by atoms with van der Waals surface area (Å²) in [5.74, 6) is -0.667. The van der Waals surface area contributed by atoms with Gasteiger partial charge in [0.15, 0.2) is 0 Å². The van der Waals surface area contributed by atoms with Gasteiger partial charge in [-0.25, -0.2) is 9.59 Å². The molecule has 1 N–H and O–H groups in total. The average molecular weight is 347 g/mol. The molecule has 0 saturated carbocycles. The van der Waals surface area contributed by atoms with Gasteiger partial charge in [0.05, 0.1) is 19.3 Å². The maximum Gasteiger partial charge on any atom is 0.407 e. The third-order valence-corrected chi connectivity index (χ3v) is 4.10. The molecule has 0 aliphatic carbocycles. The van der Waals surface area contributed by atoms with E-state index in [0.717, 1.165) is 5.56 Å². The molecule has 1 aromatic rings. The molecule has 1 aromatic carbocycles. The number of ether oxygens (including phenoxy) is 3. The first-order valence-electron chi connectivity index (χ1n) is 8.38. The highest BCUT2D eigenvalue weighted by molar-refractivity contribution is 5.81. The highest BCUT2D eigenvalue weighted by atomic mass is 16.5. The number of alkyl carbamates (subject to hydrolysis) is 1. The third kappa shape index (κ3) is 5.90. The Morgan fingerprint density at radius 3 is 2.56 bits per heavy atom. The lowest BCUT2D eigenvalue weighted by atomic mass is 9.95. The Bertz CT molecular complexity index is 601. The number of nitrogens with one attached hydrogen (secondary N) is 1. The standard InChI is InChI=1S/C19H25NO5/c1-13(11-16-10-9-14(2)25-16)17(20-19(22)23-3)18(21)24-12-15-7-5-4-6-8-15/h4-10,13-14,16-17H,11-12H2,1-3H3,(H,20,22). The van der Waals surface area contributed by atoms with Crippen molar-refractivity contribution >= 4 is 12.1 Å².